The fraction of sp³-hybridized carbons (Fsp3) is 0.0909. The third-order valence-corrected chi connectivity index (χ3v) is 3.13. The molecule has 2 aromatic rings. The lowest BCUT2D eigenvalue weighted by Gasteiger charge is -2.01. The summed E-state index contributed by atoms with van der Waals surface area (Å²) in [5.74, 6) is 0.821. The molecular formula is C11H10ClN3S. The molecule has 0 radical (unpaired) electrons. The highest BCUT2D eigenvalue weighted by molar-refractivity contribution is 7.98. The number of aromatic nitrogens is 2. The number of nitrogens with two attached hydrogens (primary N) is 1. The van der Waals surface area contributed by atoms with Crippen molar-refractivity contribution in [3.8, 4) is 0 Å². The van der Waals surface area contributed by atoms with Crippen molar-refractivity contribution in [1.29, 1.82) is 0 Å². The summed E-state index contributed by atoms with van der Waals surface area (Å²) >= 11 is 7.37. The molecule has 16 heavy (non-hydrogen) atoms. The number of rotatable bonds is 3. The molecule has 0 saturated heterocycles. The van der Waals surface area contributed by atoms with E-state index in [1.807, 2.05) is 24.3 Å². The second-order valence-electron chi connectivity index (χ2n) is 3.21. The molecule has 1 aromatic carbocycles. The van der Waals surface area contributed by atoms with Gasteiger partial charge in [-0.2, -0.15) is 0 Å². The van der Waals surface area contributed by atoms with Crippen LogP contribution in [0.15, 0.2) is 41.8 Å². The molecule has 2 rings (SSSR count). The average Bonchev–Trinajstić information content (AvgIpc) is 2.30. The molecule has 0 fully saturated rings. The lowest BCUT2D eigenvalue weighted by molar-refractivity contribution is 0.970. The summed E-state index contributed by atoms with van der Waals surface area (Å²) in [7, 11) is 0. The molecule has 2 N–H and O–H groups in total. The molecule has 0 aliphatic heterocycles. The van der Waals surface area contributed by atoms with Gasteiger partial charge in [0.2, 0.25) is 0 Å². The monoisotopic (exact) mass is 251 g/mol. The Balaban J connectivity index is 1.97. The van der Waals surface area contributed by atoms with Gasteiger partial charge in [0, 0.05) is 10.8 Å². The molecule has 0 atom stereocenters. The number of halogens is 1. The molecule has 1 aromatic heterocycles. The lowest BCUT2D eigenvalue weighted by Crippen LogP contribution is -1.91. The van der Waals surface area contributed by atoms with Crippen LogP contribution in [0.4, 0.5) is 5.69 Å². The van der Waals surface area contributed by atoms with E-state index in [2.05, 4.69) is 9.97 Å². The van der Waals surface area contributed by atoms with Crippen molar-refractivity contribution >= 4 is 29.1 Å². The fourth-order valence-electron chi connectivity index (χ4n) is 1.13. The van der Waals surface area contributed by atoms with Crippen LogP contribution in [-0.4, -0.2) is 9.97 Å². The summed E-state index contributed by atoms with van der Waals surface area (Å²) in [6.45, 7) is 0. The zero-order valence-corrected chi connectivity index (χ0v) is 10.0. The summed E-state index contributed by atoms with van der Waals surface area (Å²) in [4.78, 5) is 8.22. The van der Waals surface area contributed by atoms with E-state index in [0.717, 1.165) is 15.9 Å². The zero-order chi connectivity index (χ0) is 11.4. The quantitative estimate of drug-likeness (QED) is 0.673. The van der Waals surface area contributed by atoms with Crippen molar-refractivity contribution in [3.05, 3.63) is 47.2 Å². The smallest absolute Gasteiger partial charge is 0.187 e. The Morgan fingerprint density at radius 3 is 2.38 bits per heavy atom. The minimum Gasteiger partial charge on any atom is -0.396 e. The zero-order valence-electron chi connectivity index (χ0n) is 8.43. The van der Waals surface area contributed by atoms with Crippen molar-refractivity contribution in [2.24, 2.45) is 0 Å². The van der Waals surface area contributed by atoms with E-state index < -0.39 is 0 Å². The van der Waals surface area contributed by atoms with Crippen LogP contribution < -0.4 is 5.73 Å². The average molecular weight is 252 g/mol. The molecule has 0 saturated carbocycles. The predicted octanol–water partition coefficient (Wildman–Crippen LogP) is 3.00. The Bertz CT molecular complexity index is 410. The normalized spacial score (nSPS) is 10.3. The van der Waals surface area contributed by atoms with Crippen molar-refractivity contribution in [1.82, 2.24) is 9.97 Å². The van der Waals surface area contributed by atoms with Crippen LogP contribution in [0.1, 0.15) is 5.56 Å². The van der Waals surface area contributed by atoms with E-state index >= 15 is 0 Å². The number of nitrogen functional groups attached to an aromatic ring is 1. The number of anilines is 1. The van der Waals surface area contributed by atoms with E-state index in [1.165, 1.54) is 5.56 Å². The lowest BCUT2D eigenvalue weighted by atomic mass is 10.2. The van der Waals surface area contributed by atoms with E-state index in [4.69, 9.17) is 17.3 Å². The van der Waals surface area contributed by atoms with Crippen molar-refractivity contribution < 1.29 is 0 Å². The minimum absolute atomic E-state index is 0.579. The first-order valence-electron chi connectivity index (χ1n) is 4.69. The number of hydrogen-bond acceptors (Lipinski definition) is 4. The van der Waals surface area contributed by atoms with Crippen LogP contribution in [0.5, 0.6) is 0 Å². The number of hydrogen-bond donors (Lipinski definition) is 1. The molecule has 1 heterocycles. The highest BCUT2D eigenvalue weighted by Crippen LogP contribution is 2.20. The van der Waals surface area contributed by atoms with E-state index in [1.54, 1.807) is 24.2 Å². The van der Waals surface area contributed by atoms with Gasteiger partial charge < -0.3 is 5.73 Å². The Kier molecular flexibility index (Phi) is 3.64. The van der Waals surface area contributed by atoms with Crippen molar-refractivity contribution in [2.75, 3.05) is 5.73 Å². The molecule has 3 nitrogen and oxygen atoms in total. The molecule has 82 valence electrons. The molecule has 5 heteroatoms. The molecule has 0 aliphatic rings. The van der Waals surface area contributed by atoms with Crippen LogP contribution >= 0.6 is 23.4 Å². The van der Waals surface area contributed by atoms with Gasteiger partial charge in [-0.3, -0.25) is 0 Å². The Morgan fingerprint density at radius 1 is 1.12 bits per heavy atom. The number of benzene rings is 1. The first-order chi connectivity index (χ1) is 7.74. The maximum atomic E-state index is 5.80. The van der Waals surface area contributed by atoms with E-state index in [0.29, 0.717) is 5.69 Å². The van der Waals surface area contributed by atoms with Gasteiger partial charge >= 0.3 is 0 Å². The van der Waals surface area contributed by atoms with Gasteiger partial charge in [0.05, 0.1) is 18.1 Å². The summed E-state index contributed by atoms with van der Waals surface area (Å²) in [5.41, 5.74) is 7.27. The summed E-state index contributed by atoms with van der Waals surface area (Å²) in [6, 6.07) is 7.74. The van der Waals surface area contributed by atoms with Crippen LogP contribution in [0.3, 0.4) is 0 Å². The summed E-state index contributed by atoms with van der Waals surface area (Å²) in [6.07, 6.45) is 3.22. The van der Waals surface area contributed by atoms with Crippen LogP contribution in [-0.2, 0) is 5.75 Å². The van der Waals surface area contributed by atoms with E-state index in [9.17, 15) is 0 Å². The minimum atomic E-state index is 0.579. The van der Waals surface area contributed by atoms with Gasteiger partial charge in [-0.05, 0) is 17.7 Å². The molecule has 0 bridgehead atoms. The Morgan fingerprint density at radius 2 is 1.75 bits per heavy atom. The van der Waals surface area contributed by atoms with Gasteiger partial charge in [0.15, 0.2) is 5.16 Å². The van der Waals surface area contributed by atoms with Gasteiger partial charge in [-0.1, -0.05) is 35.5 Å². The molecule has 0 amide bonds. The first kappa shape index (κ1) is 11.2. The SMILES string of the molecule is Nc1cnc(SCc2ccc(Cl)cc2)nc1. The van der Waals surface area contributed by atoms with Gasteiger partial charge in [0.1, 0.15) is 0 Å². The van der Waals surface area contributed by atoms with Gasteiger partial charge in [-0.15, -0.1) is 0 Å². The third kappa shape index (κ3) is 3.12. The Labute approximate surface area is 103 Å². The topological polar surface area (TPSA) is 51.8 Å². The highest BCUT2D eigenvalue weighted by atomic mass is 35.5. The Hall–Kier alpha value is -1.26. The van der Waals surface area contributed by atoms with Crippen molar-refractivity contribution in [2.45, 2.75) is 10.9 Å². The summed E-state index contributed by atoms with van der Waals surface area (Å²) in [5, 5.41) is 1.47. The second kappa shape index (κ2) is 5.18. The van der Waals surface area contributed by atoms with Crippen molar-refractivity contribution in [3.63, 3.8) is 0 Å². The maximum absolute atomic E-state index is 5.80. The van der Waals surface area contributed by atoms with E-state index in [-0.39, 0.29) is 0 Å². The molecule has 0 unspecified atom stereocenters. The fourth-order valence-corrected chi connectivity index (χ4v) is 2.00. The molecule has 0 spiro atoms. The number of nitrogens with zero attached hydrogens (tertiary/aromatic N) is 2. The molecule has 0 aliphatic carbocycles. The largest absolute Gasteiger partial charge is 0.396 e. The standard InChI is InChI=1S/C11H10ClN3S/c12-9-3-1-8(2-4-9)7-16-11-14-5-10(13)6-15-11/h1-6H,7,13H2. The van der Waals surface area contributed by atoms with Crippen LogP contribution in [0.25, 0.3) is 0 Å². The third-order valence-electron chi connectivity index (χ3n) is 1.93. The summed E-state index contributed by atoms with van der Waals surface area (Å²) < 4.78 is 0. The predicted molar refractivity (Wildman–Crippen MR) is 67.5 cm³/mol. The maximum Gasteiger partial charge on any atom is 0.187 e. The second-order valence-corrected chi connectivity index (χ2v) is 4.59. The van der Waals surface area contributed by atoms with Gasteiger partial charge in [-0.25, -0.2) is 9.97 Å². The highest BCUT2D eigenvalue weighted by Gasteiger charge is 1.99. The van der Waals surface area contributed by atoms with Crippen LogP contribution in [0.2, 0.25) is 5.02 Å². The molecular weight excluding hydrogens is 242 g/mol. The van der Waals surface area contributed by atoms with Gasteiger partial charge in [0.25, 0.3) is 0 Å². The number of thioether (sulfide) groups is 1. The van der Waals surface area contributed by atoms with Crippen LogP contribution in [0, 0.1) is 0 Å². The first-order valence-corrected chi connectivity index (χ1v) is 6.05.